The van der Waals surface area contributed by atoms with Crippen molar-refractivity contribution < 1.29 is 15.0 Å². The van der Waals surface area contributed by atoms with Crippen LogP contribution in [-0.4, -0.2) is 28.8 Å². The van der Waals surface area contributed by atoms with Crippen LogP contribution in [0.5, 0.6) is 0 Å². The number of unbranched alkanes of at least 4 members (excludes halogenated alkanes) is 3. The Morgan fingerprint density at radius 2 is 1.67 bits per heavy atom. The average molecular weight is 217 g/mol. The van der Waals surface area contributed by atoms with Crippen molar-refractivity contribution in [3.05, 3.63) is 0 Å². The monoisotopic (exact) mass is 217 g/mol. The Hall–Kier alpha value is -0.610. The van der Waals surface area contributed by atoms with Crippen molar-refractivity contribution in [2.24, 2.45) is 5.73 Å². The number of aliphatic hydroxyl groups excluding tert-OH is 1. The number of aliphatic hydroxyl groups is 1. The second kappa shape index (κ2) is 9.93. The second-order valence-electron chi connectivity index (χ2n) is 3.93. The van der Waals surface area contributed by atoms with Gasteiger partial charge in [0.2, 0.25) is 0 Å². The molecule has 0 aliphatic carbocycles. The zero-order valence-corrected chi connectivity index (χ0v) is 9.32. The molecule has 0 aromatic rings. The molecule has 0 aliphatic heterocycles. The molecular formula is C11H23NO3. The van der Waals surface area contributed by atoms with Crippen LogP contribution in [0.25, 0.3) is 0 Å². The highest BCUT2D eigenvalue weighted by atomic mass is 16.4. The van der Waals surface area contributed by atoms with Crippen molar-refractivity contribution in [1.82, 2.24) is 0 Å². The number of carbonyl (C=O) groups is 1. The molecule has 1 unspecified atom stereocenters. The van der Waals surface area contributed by atoms with Gasteiger partial charge in [0.05, 0.1) is 6.10 Å². The molecule has 90 valence electrons. The van der Waals surface area contributed by atoms with E-state index in [1.165, 1.54) is 0 Å². The van der Waals surface area contributed by atoms with Gasteiger partial charge in [0.25, 0.3) is 0 Å². The van der Waals surface area contributed by atoms with Gasteiger partial charge >= 0.3 is 5.97 Å². The highest BCUT2D eigenvalue weighted by Gasteiger charge is 2.04. The minimum atomic E-state index is -0.757. The van der Waals surface area contributed by atoms with E-state index in [0.29, 0.717) is 13.0 Å². The third-order valence-corrected chi connectivity index (χ3v) is 2.42. The number of hydrogen-bond donors (Lipinski definition) is 3. The maximum Gasteiger partial charge on any atom is 0.303 e. The van der Waals surface area contributed by atoms with Gasteiger partial charge in [-0.1, -0.05) is 19.3 Å². The van der Waals surface area contributed by atoms with Gasteiger partial charge in [0, 0.05) is 6.42 Å². The Labute approximate surface area is 91.5 Å². The van der Waals surface area contributed by atoms with E-state index in [1.54, 1.807) is 0 Å². The summed E-state index contributed by atoms with van der Waals surface area (Å²) in [6.45, 7) is 0.717. The highest BCUT2D eigenvalue weighted by Crippen LogP contribution is 2.10. The van der Waals surface area contributed by atoms with Crippen molar-refractivity contribution in [3.63, 3.8) is 0 Å². The number of carboxylic acids is 1. The molecule has 15 heavy (non-hydrogen) atoms. The predicted octanol–water partition coefficient (Wildman–Crippen LogP) is 1.51. The summed E-state index contributed by atoms with van der Waals surface area (Å²) in [5.74, 6) is -0.757. The minimum absolute atomic E-state index is 0.208. The number of aliphatic carboxylic acids is 1. The molecule has 0 spiro atoms. The van der Waals surface area contributed by atoms with Crippen LogP contribution in [0.15, 0.2) is 0 Å². The lowest BCUT2D eigenvalue weighted by atomic mass is 10.0. The molecule has 0 bridgehead atoms. The summed E-state index contributed by atoms with van der Waals surface area (Å²) in [4.78, 5) is 10.2. The lowest BCUT2D eigenvalue weighted by molar-refractivity contribution is -0.137. The summed E-state index contributed by atoms with van der Waals surface area (Å²) in [5, 5.41) is 17.9. The molecule has 4 nitrogen and oxygen atoms in total. The van der Waals surface area contributed by atoms with Gasteiger partial charge in [0.1, 0.15) is 0 Å². The first-order valence-electron chi connectivity index (χ1n) is 5.76. The molecule has 0 rings (SSSR count). The molecule has 0 saturated heterocycles. The average Bonchev–Trinajstić information content (AvgIpc) is 2.19. The van der Waals surface area contributed by atoms with Gasteiger partial charge in [-0.25, -0.2) is 0 Å². The third kappa shape index (κ3) is 11.3. The van der Waals surface area contributed by atoms with E-state index >= 15 is 0 Å². The second-order valence-corrected chi connectivity index (χ2v) is 3.93. The Bertz CT molecular complexity index is 162. The molecule has 0 heterocycles. The van der Waals surface area contributed by atoms with Crippen LogP contribution >= 0.6 is 0 Å². The Morgan fingerprint density at radius 1 is 1.07 bits per heavy atom. The molecule has 0 saturated carbocycles. The van der Waals surface area contributed by atoms with Crippen LogP contribution in [0.1, 0.15) is 51.4 Å². The fourth-order valence-corrected chi connectivity index (χ4v) is 1.50. The normalized spacial score (nSPS) is 12.7. The van der Waals surface area contributed by atoms with Crippen molar-refractivity contribution in [2.45, 2.75) is 57.5 Å². The summed E-state index contributed by atoms with van der Waals surface area (Å²) < 4.78 is 0. The van der Waals surface area contributed by atoms with Gasteiger partial charge in [-0.3, -0.25) is 4.79 Å². The number of carboxylic acid groups (broad SMARTS) is 1. The molecule has 0 amide bonds. The zero-order valence-electron chi connectivity index (χ0n) is 9.32. The lowest BCUT2D eigenvalue weighted by Gasteiger charge is -2.09. The topological polar surface area (TPSA) is 83.5 Å². The molecule has 0 fully saturated rings. The van der Waals surface area contributed by atoms with Crippen LogP contribution < -0.4 is 5.73 Å². The standard InChI is InChI=1S/C11H23NO3/c12-9-5-1-2-6-10(13)7-3-4-8-11(14)15/h10,13H,1-9,12H2,(H,14,15). The predicted molar refractivity (Wildman–Crippen MR) is 59.6 cm³/mol. The van der Waals surface area contributed by atoms with Crippen LogP contribution in [0.3, 0.4) is 0 Å². The molecule has 0 aromatic heterocycles. The number of nitrogens with two attached hydrogens (primary N) is 1. The fourth-order valence-electron chi connectivity index (χ4n) is 1.50. The van der Waals surface area contributed by atoms with E-state index in [0.717, 1.165) is 38.5 Å². The van der Waals surface area contributed by atoms with Crippen molar-refractivity contribution in [2.75, 3.05) is 6.54 Å². The van der Waals surface area contributed by atoms with Gasteiger partial charge in [0.15, 0.2) is 0 Å². The van der Waals surface area contributed by atoms with Crippen LogP contribution in [0.4, 0.5) is 0 Å². The molecule has 1 atom stereocenters. The summed E-state index contributed by atoms with van der Waals surface area (Å²) in [7, 11) is 0. The first kappa shape index (κ1) is 14.4. The van der Waals surface area contributed by atoms with Gasteiger partial charge in [-0.05, 0) is 32.2 Å². The zero-order chi connectivity index (χ0) is 11.5. The van der Waals surface area contributed by atoms with Crippen molar-refractivity contribution >= 4 is 5.97 Å². The summed E-state index contributed by atoms with van der Waals surface area (Å²) in [6.07, 6.45) is 6.03. The molecule has 0 aliphatic rings. The largest absolute Gasteiger partial charge is 0.481 e. The fraction of sp³-hybridized carbons (Fsp3) is 0.909. The van der Waals surface area contributed by atoms with E-state index in [-0.39, 0.29) is 12.5 Å². The van der Waals surface area contributed by atoms with Gasteiger partial charge in [-0.2, -0.15) is 0 Å². The smallest absolute Gasteiger partial charge is 0.303 e. The quantitative estimate of drug-likeness (QED) is 0.484. The number of hydrogen-bond acceptors (Lipinski definition) is 3. The van der Waals surface area contributed by atoms with Gasteiger partial charge in [-0.15, -0.1) is 0 Å². The molecule has 0 radical (unpaired) electrons. The SMILES string of the molecule is NCCCCCC(O)CCCCC(=O)O. The lowest BCUT2D eigenvalue weighted by Crippen LogP contribution is -2.07. The number of rotatable bonds is 10. The molecular weight excluding hydrogens is 194 g/mol. The molecule has 4 N–H and O–H groups in total. The first-order valence-corrected chi connectivity index (χ1v) is 5.76. The van der Waals surface area contributed by atoms with E-state index in [2.05, 4.69) is 0 Å². The maximum atomic E-state index is 10.2. The molecule has 4 heteroatoms. The molecule has 0 aromatic carbocycles. The Balaban J connectivity index is 3.18. The maximum absolute atomic E-state index is 10.2. The van der Waals surface area contributed by atoms with E-state index < -0.39 is 5.97 Å². The van der Waals surface area contributed by atoms with E-state index in [4.69, 9.17) is 10.8 Å². The van der Waals surface area contributed by atoms with Crippen LogP contribution in [0.2, 0.25) is 0 Å². The van der Waals surface area contributed by atoms with Crippen LogP contribution in [-0.2, 0) is 4.79 Å². The van der Waals surface area contributed by atoms with E-state index in [1.807, 2.05) is 0 Å². The van der Waals surface area contributed by atoms with Crippen molar-refractivity contribution in [3.8, 4) is 0 Å². The summed E-state index contributed by atoms with van der Waals surface area (Å²) >= 11 is 0. The summed E-state index contributed by atoms with van der Waals surface area (Å²) in [5.41, 5.74) is 5.35. The Morgan fingerprint density at radius 3 is 2.20 bits per heavy atom. The Kier molecular flexibility index (Phi) is 9.52. The van der Waals surface area contributed by atoms with Crippen molar-refractivity contribution in [1.29, 1.82) is 0 Å². The van der Waals surface area contributed by atoms with E-state index in [9.17, 15) is 9.90 Å². The highest BCUT2D eigenvalue weighted by molar-refractivity contribution is 5.66. The summed E-state index contributed by atoms with van der Waals surface area (Å²) in [6, 6.07) is 0. The van der Waals surface area contributed by atoms with Gasteiger partial charge < -0.3 is 15.9 Å². The van der Waals surface area contributed by atoms with Crippen LogP contribution in [0, 0.1) is 0 Å². The minimum Gasteiger partial charge on any atom is -0.481 e. The third-order valence-electron chi connectivity index (χ3n) is 2.42. The first-order chi connectivity index (χ1) is 7.16.